The van der Waals surface area contributed by atoms with Gasteiger partial charge in [0.2, 0.25) is 5.91 Å². The van der Waals surface area contributed by atoms with Crippen LogP contribution < -0.4 is 15.5 Å². The number of anilines is 2. The van der Waals surface area contributed by atoms with Crippen molar-refractivity contribution < 1.29 is 14.0 Å². The van der Waals surface area contributed by atoms with Gasteiger partial charge in [0, 0.05) is 49.4 Å². The Balaban J connectivity index is 1.47. The molecular formula is C25H28FN5O2. The molecule has 0 aliphatic carbocycles. The maximum Gasteiger partial charge on any atom is 0.270 e. The van der Waals surface area contributed by atoms with E-state index in [0.29, 0.717) is 56.0 Å². The van der Waals surface area contributed by atoms with Crippen molar-refractivity contribution in [1.29, 1.82) is 0 Å². The Labute approximate surface area is 192 Å². The monoisotopic (exact) mass is 449 g/mol. The van der Waals surface area contributed by atoms with Gasteiger partial charge < -0.3 is 15.5 Å². The van der Waals surface area contributed by atoms with Crippen LogP contribution in [0.1, 0.15) is 37.4 Å². The number of pyridine rings is 1. The number of aromatic nitrogens is 1. The number of piperidine rings is 1. The molecular weight excluding hydrogens is 421 g/mol. The maximum absolute atomic E-state index is 14.8. The number of aryl methyl sites for hydroxylation is 1. The van der Waals surface area contributed by atoms with Gasteiger partial charge in [0.05, 0.1) is 17.1 Å². The summed E-state index contributed by atoms with van der Waals surface area (Å²) < 4.78 is 14.8. The minimum absolute atomic E-state index is 0.0474. The molecule has 0 radical (unpaired) electrons. The van der Waals surface area contributed by atoms with E-state index in [1.165, 1.54) is 6.07 Å². The van der Waals surface area contributed by atoms with E-state index in [0.717, 1.165) is 17.0 Å². The molecule has 2 N–H and O–H groups in total. The predicted molar refractivity (Wildman–Crippen MR) is 128 cm³/mol. The first-order valence-electron chi connectivity index (χ1n) is 11.3. The minimum Gasteiger partial charge on any atom is -0.367 e. The zero-order valence-electron chi connectivity index (χ0n) is 18.9. The summed E-state index contributed by atoms with van der Waals surface area (Å²) >= 11 is 0. The smallest absolute Gasteiger partial charge is 0.270 e. The van der Waals surface area contributed by atoms with Crippen molar-refractivity contribution in [2.24, 2.45) is 10.9 Å². The fraction of sp³-hybridized carbons (Fsp3) is 0.360. The van der Waals surface area contributed by atoms with Crippen molar-refractivity contribution in [3.63, 3.8) is 0 Å². The van der Waals surface area contributed by atoms with Crippen molar-refractivity contribution >= 4 is 34.6 Å². The van der Waals surface area contributed by atoms with E-state index in [2.05, 4.69) is 20.6 Å². The second-order valence-corrected chi connectivity index (χ2v) is 8.28. The number of aliphatic imine (C=N–C) groups is 1. The topological polar surface area (TPSA) is 86.7 Å². The SMILES string of the molecule is CCNC(=O)C1CCN(c2c(F)cccc2NC(=O)C2=NC(c3ccnc(C)c3)=CC2)CC1. The second kappa shape index (κ2) is 9.94. The Morgan fingerprint density at radius 1 is 1.21 bits per heavy atom. The zero-order valence-corrected chi connectivity index (χ0v) is 18.9. The van der Waals surface area contributed by atoms with Crippen LogP contribution in [-0.2, 0) is 9.59 Å². The highest BCUT2D eigenvalue weighted by Gasteiger charge is 2.28. The summed E-state index contributed by atoms with van der Waals surface area (Å²) in [5.74, 6) is -0.772. The standard InChI is InChI=1S/C25H28FN5O2/c1-3-27-24(32)17-10-13-31(14-11-17)23-19(26)5-4-6-21(23)30-25(33)22-8-7-20(29-22)18-9-12-28-16(2)15-18/h4-7,9,12,15,17H,3,8,10-11,13-14H2,1-2H3,(H,27,32)(H,30,33). The lowest BCUT2D eigenvalue weighted by Gasteiger charge is -2.34. The second-order valence-electron chi connectivity index (χ2n) is 8.28. The van der Waals surface area contributed by atoms with Crippen molar-refractivity contribution in [1.82, 2.24) is 10.3 Å². The van der Waals surface area contributed by atoms with Crippen LogP contribution in [0.4, 0.5) is 15.8 Å². The lowest BCUT2D eigenvalue weighted by atomic mass is 9.95. The quantitative estimate of drug-likeness (QED) is 0.704. The minimum atomic E-state index is -0.399. The van der Waals surface area contributed by atoms with Gasteiger partial charge in [-0.25, -0.2) is 9.38 Å². The van der Waals surface area contributed by atoms with Crippen molar-refractivity contribution in [2.45, 2.75) is 33.1 Å². The van der Waals surface area contributed by atoms with Gasteiger partial charge in [-0.1, -0.05) is 12.1 Å². The Kier molecular flexibility index (Phi) is 6.82. The number of allylic oxidation sites excluding steroid dienone is 1. The van der Waals surface area contributed by atoms with Crippen molar-refractivity contribution in [3.05, 3.63) is 59.7 Å². The van der Waals surface area contributed by atoms with Gasteiger partial charge in [-0.3, -0.25) is 14.6 Å². The Hall–Kier alpha value is -3.55. The molecule has 2 aliphatic heterocycles. The van der Waals surface area contributed by atoms with Crippen LogP contribution in [0.2, 0.25) is 0 Å². The van der Waals surface area contributed by atoms with Crippen molar-refractivity contribution in [3.8, 4) is 0 Å². The summed E-state index contributed by atoms with van der Waals surface area (Å²) in [6.45, 7) is 5.48. The van der Waals surface area contributed by atoms with E-state index in [-0.39, 0.29) is 17.7 Å². The first-order valence-corrected chi connectivity index (χ1v) is 11.3. The summed E-state index contributed by atoms with van der Waals surface area (Å²) in [4.78, 5) is 35.7. The first kappa shape index (κ1) is 22.6. The van der Waals surface area contributed by atoms with Gasteiger partial charge in [0.15, 0.2) is 0 Å². The zero-order chi connectivity index (χ0) is 23.4. The number of hydrogen-bond acceptors (Lipinski definition) is 5. The van der Waals surface area contributed by atoms with E-state index < -0.39 is 5.82 Å². The number of benzene rings is 1. The fourth-order valence-electron chi connectivity index (χ4n) is 4.28. The van der Waals surface area contributed by atoms with Crippen LogP contribution in [0.25, 0.3) is 5.70 Å². The molecule has 3 heterocycles. The number of nitrogens with one attached hydrogen (secondary N) is 2. The maximum atomic E-state index is 14.8. The number of carbonyl (C=O) groups excluding carboxylic acids is 2. The molecule has 0 spiro atoms. The van der Waals surface area contributed by atoms with E-state index in [1.807, 2.05) is 37.0 Å². The molecule has 7 nitrogen and oxygen atoms in total. The van der Waals surface area contributed by atoms with Gasteiger partial charge >= 0.3 is 0 Å². The lowest BCUT2D eigenvalue weighted by molar-refractivity contribution is -0.125. The molecule has 0 saturated carbocycles. The molecule has 8 heteroatoms. The number of halogens is 1. The Morgan fingerprint density at radius 3 is 2.73 bits per heavy atom. The normalized spacial score (nSPS) is 16.3. The molecule has 33 heavy (non-hydrogen) atoms. The van der Waals surface area contributed by atoms with Gasteiger partial charge in [0.25, 0.3) is 5.91 Å². The summed E-state index contributed by atoms with van der Waals surface area (Å²) in [7, 11) is 0. The average Bonchev–Trinajstić information content (AvgIpc) is 3.30. The van der Waals surface area contributed by atoms with E-state index >= 15 is 0 Å². The molecule has 172 valence electrons. The number of amides is 2. The Bertz CT molecular complexity index is 1120. The average molecular weight is 450 g/mol. The van der Waals surface area contributed by atoms with Crippen LogP contribution in [0.5, 0.6) is 0 Å². The largest absolute Gasteiger partial charge is 0.367 e. The highest BCUT2D eigenvalue weighted by atomic mass is 19.1. The van der Waals surface area contributed by atoms with Crippen LogP contribution in [0, 0.1) is 18.7 Å². The van der Waals surface area contributed by atoms with Crippen molar-refractivity contribution in [2.75, 3.05) is 29.9 Å². The van der Waals surface area contributed by atoms with E-state index in [9.17, 15) is 14.0 Å². The molecule has 0 atom stereocenters. The molecule has 1 aromatic carbocycles. The van der Waals surface area contributed by atoms with Gasteiger partial charge in [-0.15, -0.1) is 0 Å². The summed E-state index contributed by atoms with van der Waals surface area (Å²) in [6.07, 6.45) is 5.30. The third-order valence-electron chi connectivity index (χ3n) is 5.97. The Morgan fingerprint density at radius 2 is 2.00 bits per heavy atom. The molecule has 2 aromatic rings. The number of nitrogens with zero attached hydrogens (tertiary/aromatic N) is 3. The molecule has 4 rings (SSSR count). The number of hydrogen-bond donors (Lipinski definition) is 2. The predicted octanol–water partition coefficient (Wildman–Crippen LogP) is 3.71. The van der Waals surface area contributed by atoms with Crippen LogP contribution in [0.15, 0.2) is 47.6 Å². The molecule has 2 aliphatic rings. The van der Waals surface area contributed by atoms with Crippen LogP contribution in [-0.4, -0.2) is 42.1 Å². The van der Waals surface area contributed by atoms with Gasteiger partial charge in [-0.2, -0.15) is 0 Å². The van der Waals surface area contributed by atoms with Crippen LogP contribution >= 0.6 is 0 Å². The number of para-hydroxylation sites is 1. The number of carbonyl (C=O) groups is 2. The lowest BCUT2D eigenvalue weighted by Crippen LogP contribution is -2.41. The summed E-state index contributed by atoms with van der Waals surface area (Å²) in [5.41, 5.74) is 3.67. The fourth-order valence-corrected chi connectivity index (χ4v) is 4.28. The molecule has 1 saturated heterocycles. The summed E-state index contributed by atoms with van der Waals surface area (Å²) in [5, 5.41) is 5.71. The van der Waals surface area contributed by atoms with Gasteiger partial charge in [0.1, 0.15) is 11.5 Å². The first-order chi connectivity index (χ1) is 16.0. The van der Waals surface area contributed by atoms with E-state index in [1.54, 1.807) is 18.3 Å². The third kappa shape index (κ3) is 5.10. The highest BCUT2D eigenvalue weighted by Crippen LogP contribution is 2.33. The molecule has 0 bridgehead atoms. The number of rotatable bonds is 6. The molecule has 0 unspecified atom stereocenters. The highest BCUT2D eigenvalue weighted by molar-refractivity contribution is 6.45. The summed E-state index contributed by atoms with van der Waals surface area (Å²) in [6, 6.07) is 8.45. The molecule has 1 aromatic heterocycles. The van der Waals surface area contributed by atoms with E-state index in [4.69, 9.17) is 0 Å². The van der Waals surface area contributed by atoms with Crippen LogP contribution in [0.3, 0.4) is 0 Å². The molecule has 2 amide bonds. The third-order valence-corrected chi connectivity index (χ3v) is 5.97. The molecule has 1 fully saturated rings. The van der Waals surface area contributed by atoms with Gasteiger partial charge in [-0.05, 0) is 51.0 Å².